The molecule has 5 rings (SSSR count). The van der Waals surface area contributed by atoms with E-state index in [0.717, 1.165) is 0 Å². The second kappa shape index (κ2) is 7.05. The average Bonchev–Trinajstić information content (AvgIpc) is 3.49. The van der Waals surface area contributed by atoms with Crippen molar-refractivity contribution in [2.24, 2.45) is 0 Å². The van der Waals surface area contributed by atoms with Gasteiger partial charge in [-0.2, -0.15) is 0 Å². The van der Waals surface area contributed by atoms with Crippen molar-refractivity contribution in [2.45, 2.75) is 25.1 Å². The van der Waals surface area contributed by atoms with Gasteiger partial charge >= 0.3 is 5.97 Å². The molecule has 10 nitrogen and oxygen atoms in total. The van der Waals surface area contributed by atoms with E-state index in [-0.39, 0.29) is 43.0 Å². The van der Waals surface area contributed by atoms with Crippen molar-refractivity contribution in [3.63, 3.8) is 0 Å². The minimum Gasteiger partial charge on any atom is -0.452 e. The van der Waals surface area contributed by atoms with Gasteiger partial charge in [-0.05, 0) is 40.2 Å². The van der Waals surface area contributed by atoms with Gasteiger partial charge in [0.05, 0.1) is 11.3 Å². The third-order valence-corrected chi connectivity index (χ3v) is 5.87. The molecule has 0 aliphatic carbocycles. The van der Waals surface area contributed by atoms with E-state index in [4.69, 9.17) is 13.6 Å². The first-order valence-corrected chi connectivity index (χ1v) is 10.2. The first-order valence-electron chi connectivity index (χ1n) is 9.37. The lowest BCUT2D eigenvalue weighted by molar-refractivity contribution is -0.158. The molecule has 1 fully saturated rings. The van der Waals surface area contributed by atoms with Crippen molar-refractivity contribution >= 4 is 39.4 Å². The van der Waals surface area contributed by atoms with Crippen LogP contribution < -0.4 is 4.90 Å². The summed E-state index contributed by atoms with van der Waals surface area (Å²) in [6, 6.07) is 10.0. The van der Waals surface area contributed by atoms with E-state index < -0.39 is 11.6 Å². The van der Waals surface area contributed by atoms with E-state index in [1.54, 1.807) is 36.4 Å². The fourth-order valence-electron chi connectivity index (χ4n) is 3.97. The molecule has 31 heavy (non-hydrogen) atoms. The normalized spacial score (nSPS) is 20.1. The number of benzene rings is 1. The lowest BCUT2D eigenvalue weighted by Crippen LogP contribution is -2.67. The molecule has 0 saturated carbocycles. The summed E-state index contributed by atoms with van der Waals surface area (Å²) >= 11 is 3.19. The van der Waals surface area contributed by atoms with Gasteiger partial charge in [-0.1, -0.05) is 12.1 Å². The summed E-state index contributed by atoms with van der Waals surface area (Å²) in [5.41, 5.74) is -0.805. The largest absolute Gasteiger partial charge is 0.452 e. The number of rotatable bonds is 4. The van der Waals surface area contributed by atoms with Gasteiger partial charge in [-0.3, -0.25) is 14.5 Å². The minimum atomic E-state index is -1.56. The molecule has 0 bridgehead atoms. The number of hydrogen-bond donors (Lipinski definition) is 0. The number of esters is 1. The Morgan fingerprint density at radius 3 is 2.77 bits per heavy atom. The van der Waals surface area contributed by atoms with E-state index in [1.165, 1.54) is 16.8 Å². The van der Waals surface area contributed by atoms with E-state index in [9.17, 15) is 14.4 Å². The number of carbonyl (C=O) groups is 3. The van der Waals surface area contributed by atoms with Crippen LogP contribution in [0.2, 0.25) is 0 Å². The molecule has 2 aromatic heterocycles. The molecule has 1 unspecified atom stereocenters. The second-order valence-electron chi connectivity index (χ2n) is 7.11. The Morgan fingerprint density at radius 2 is 2.00 bits per heavy atom. The molecule has 158 valence electrons. The number of para-hydroxylation sites is 1. The molecule has 4 heterocycles. The predicted molar refractivity (Wildman–Crippen MR) is 107 cm³/mol. The number of fused-ring (bicyclic) bond motifs is 3. The Balaban J connectivity index is 1.41. The lowest BCUT2D eigenvalue weighted by Gasteiger charge is -2.46. The Hall–Kier alpha value is -3.47. The number of hydrogen-bond acceptors (Lipinski definition) is 8. The molecule has 0 radical (unpaired) electrons. The van der Waals surface area contributed by atoms with E-state index in [2.05, 4.69) is 26.1 Å². The molecular formula is C20H15BrN4O6. The van der Waals surface area contributed by atoms with Crippen LogP contribution in [-0.4, -0.2) is 45.6 Å². The number of carbonyl (C=O) groups excluding carboxylic acids is 3. The Bertz CT molecular complexity index is 1220. The molecular weight excluding hydrogens is 472 g/mol. The smallest absolute Gasteiger partial charge is 0.354 e. The molecule has 0 spiro atoms. The van der Waals surface area contributed by atoms with Gasteiger partial charge in [-0.15, -0.1) is 10.2 Å². The fourth-order valence-corrected chi connectivity index (χ4v) is 4.28. The summed E-state index contributed by atoms with van der Waals surface area (Å²) in [4.78, 5) is 41.5. The van der Waals surface area contributed by atoms with Crippen LogP contribution in [0.3, 0.4) is 0 Å². The maximum Gasteiger partial charge on any atom is 0.354 e. The van der Waals surface area contributed by atoms with Crippen LogP contribution in [0.15, 0.2) is 49.9 Å². The van der Waals surface area contributed by atoms with E-state index >= 15 is 0 Å². The Labute approximate surface area is 183 Å². The quantitative estimate of drug-likeness (QED) is 0.516. The lowest BCUT2D eigenvalue weighted by atomic mass is 9.97. The average molecular weight is 487 g/mol. The van der Waals surface area contributed by atoms with E-state index in [0.29, 0.717) is 21.7 Å². The van der Waals surface area contributed by atoms with Gasteiger partial charge in [0, 0.05) is 19.9 Å². The fraction of sp³-hybridized carbons (Fsp3) is 0.250. The van der Waals surface area contributed by atoms with Gasteiger partial charge in [0.25, 0.3) is 17.7 Å². The van der Waals surface area contributed by atoms with Gasteiger partial charge in [0.1, 0.15) is 0 Å². The molecule has 1 saturated heterocycles. The van der Waals surface area contributed by atoms with Crippen LogP contribution in [0.25, 0.3) is 11.7 Å². The first-order chi connectivity index (χ1) is 14.9. The van der Waals surface area contributed by atoms with Crippen LogP contribution in [-0.2, 0) is 20.9 Å². The molecule has 11 heteroatoms. The maximum absolute atomic E-state index is 13.2. The highest BCUT2D eigenvalue weighted by molar-refractivity contribution is 9.10. The third kappa shape index (κ3) is 2.87. The summed E-state index contributed by atoms with van der Waals surface area (Å²) in [6.45, 7) is -0.318. The number of halogens is 1. The van der Waals surface area contributed by atoms with Crippen LogP contribution in [0, 0.1) is 0 Å². The highest BCUT2D eigenvalue weighted by Gasteiger charge is 2.60. The summed E-state index contributed by atoms with van der Waals surface area (Å²) < 4.78 is 16.8. The predicted octanol–water partition coefficient (Wildman–Crippen LogP) is 2.74. The summed E-state index contributed by atoms with van der Waals surface area (Å²) in [5, 5.41) is 7.73. The molecule has 2 amide bonds. The van der Waals surface area contributed by atoms with Crippen molar-refractivity contribution in [1.82, 2.24) is 15.1 Å². The summed E-state index contributed by atoms with van der Waals surface area (Å²) in [5.74, 6) is -0.824. The SMILES string of the molecule is CN1C(=O)c2ccccc2N2C(=O)CCC12C(=O)OCc1nnc(-c2ccc(Br)o2)o1. The van der Waals surface area contributed by atoms with Crippen LogP contribution >= 0.6 is 15.9 Å². The van der Waals surface area contributed by atoms with Crippen molar-refractivity contribution in [3.8, 4) is 11.7 Å². The zero-order chi connectivity index (χ0) is 21.8. The second-order valence-corrected chi connectivity index (χ2v) is 7.89. The molecule has 3 aromatic rings. The molecule has 0 N–H and O–H groups in total. The molecule has 2 aliphatic rings. The topological polar surface area (TPSA) is 119 Å². The standard InChI is InChI=1S/C20H15BrN4O6/c1-24-18(27)11-4-2-3-5-12(11)25-16(26)8-9-20(24,25)19(28)29-10-15-22-23-17(31-15)13-6-7-14(21)30-13/h2-7H,8-10H2,1H3. The van der Waals surface area contributed by atoms with Gasteiger partial charge in [0.15, 0.2) is 17.0 Å². The zero-order valence-corrected chi connectivity index (χ0v) is 17.8. The number of anilines is 1. The van der Waals surface area contributed by atoms with Gasteiger partial charge in [-0.25, -0.2) is 4.79 Å². The molecule has 1 aromatic carbocycles. The minimum absolute atomic E-state index is 0.0494. The first kappa shape index (κ1) is 19.5. The number of likely N-dealkylation sites (N-methyl/N-ethyl adjacent to an activating group) is 1. The van der Waals surface area contributed by atoms with Gasteiger partial charge < -0.3 is 18.5 Å². The summed E-state index contributed by atoms with van der Waals surface area (Å²) in [7, 11) is 1.49. The zero-order valence-electron chi connectivity index (χ0n) is 16.2. The van der Waals surface area contributed by atoms with Crippen LogP contribution in [0.1, 0.15) is 29.1 Å². The molecule has 1 atom stereocenters. The maximum atomic E-state index is 13.2. The number of amides is 2. The number of ether oxygens (including phenoxy) is 1. The van der Waals surface area contributed by atoms with Gasteiger partial charge in [0.2, 0.25) is 11.6 Å². The van der Waals surface area contributed by atoms with Crippen LogP contribution in [0.4, 0.5) is 5.69 Å². The third-order valence-electron chi connectivity index (χ3n) is 5.45. The summed E-state index contributed by atoms with van der Waals surface area (Å²) in [6.07, 6.45) is 0.232. The highest BCUT2D eigenvalue weighted by atomic mass is 79.9. The molecule has 2 aliphatic heterocycles. The van der Waals surface area contributed by atoms with E-state index in [1.807, 2.05) is 0 Å². The van der Waals surface area contributed by atoms with Crippen molar-refractivity contribution < 1.29 is 28.0 Å². The van der Waals surface area contributed by atoms with Crippen molar-refractivity contribution in [2.75, 3.05) is 11.9 Å². The number of nitrogens with zero attached hydrogens (tertiary/aromatic N) is 4. The van der Waals surface area contributed by atoms with Crippen molar-refractivity contribution in [1.29, 1.82) is 0 Å². The van der Waals surface area contributed by atoms with Crippen LogP contribution in [0.5, 0.6) is 0 Å². The number of furan rings is 1. The monoisotopic (exact) mass is 486 g/mol. The number of aromatic nitrogens is 2. The van der Waals surface area contributed by atoms with Crippen molar-refractivity contribution in [3.05, 3.63) is 52.5 Å². The Kier molecular flexibility index (Phi) is 4.43. The Morgan fingerprint density at radius 1 is 1.19 bits per heavy atom. The highest BCUT2D eigenvalue weighted by Crippen LogP contribution is 2.44.